The number of nitrogens with one attached hydrogen (secondary N) is 1. The molecule has 0 saturated carbocycles. The SMILES string of the molecule is CN1CCC(CNCC(O)COc2ccc(F)cc2)CC1. The molecule has 5 heteroatoms. The van der Waals surface area contributed by atoms with E-state index in [1.165, 1.54) is 25.0 Å². The summed E-state index contributed by atoms with van der Waals surface area (Å²) >= 11 is 0. The van der Waals surface area contributed by atoms with Gasteiger partial charge in [-0.25, -0.2) is 4.39 Å². The quantitative estimate of drug-likeness (QED) is 0.800. The number of halogens is 1. The number of nitrogens with zero attached hydrogens (tertiary/aromatic N) is 1. The average Bonchev–Trinajstić information content (AvgIpc) is 2.49. The van der Waals surface area contributed by atoms with Crippen LogP contribution in [0.2, 0.25) is 0 Å². The standard InChI is InChI=1S/C16H25FN2O2/c1-19-8-6-13(7-9-19)10-18-11-15(20)12-21-16-4-2-14(17)3-5-16/h2-5,13,15,18,20H,6-12H2,1H3. The molecule has 1 aliphatic heterocycles. The molecule has 1 unspecified atom stereocenters. The minimum Gasteiger partial charge on any atom is -0.491 e. The summed E-state index contributed by atoms with van der Waals surface area (Å²) in [6.45, 7) is 3.99. The Balaban J connectivity index is 1.57. The molecule has 2 N–H and O–H groups in total. The Hall–Kier alpha value is -1.17. The molecular weight excluding hydrogens is 271 g/mol. The van der Waals surface area contributed by atoms with Gasteiger partial charge in [-0.2, -0.15) is 0 Å². The lowest BCUT2D eigenvalue weighted by Gasteiger charge is -2.29. The fourth-order valence-corrected chi connectivity index (χ4v) is 2.50. The van der Waals surface area contributed by atoms with Crippen LogP contribution in [-0.4, -0.2) is 55.9 Å². The zero-order chi connectivity index (χ0) is 15.1. The summed E-state index contributed by atoms with van der Waals surface area (Å²) in [5.74, 6) is 0.986. The molecular formula is C16H25FN2O2. The monoisotopic (exact) mass is 296 g/mol. The van der Waals surface area contributed by atoms with Crippen molar-refractivity contribution < 1.29 is 14.2 Å². The first-order valence-electron chi connectivity index (χ1n) is 7.59. The van der Waals surface area contributed by atoms with Gasteiger partial charge in [0.2, 0.25) is 0 Å². The summed E-state index contributed by atoms with van der Waals surface area (Å²) in [7, 11) is 2.15. The van der Waals surface area contributed by atoms with E-state index in [0.717, 1.165) is 19.6 Å². The van der Waals surface area contributed by atoms with Gasteiger partial charge in [-0.1, -0.05) is 0 Å². The van der Waals surface area contributed by atoms with E-state index in [0.29, 0.717) is 18.2 Å². The molecule has 1 saturated heterocycles. The maximum atomic E-state index is 12.7. The number of hydrogen-bond donors (Lipinski definition) is 2. The molecule has 1 atom stereocenters. The molecule has 118 valence electrons. The lowest BCUT2D eigenvalue weighted by Crippen LogP contribution is -2.38. The molecule has 0 amide bonds. The second-order valence-electron chi connectivity index (χ2n) is 5.82. The van der Waals surface area contributed by atoms with Crippen molar-refractivity contribution in [3.63, 3.8) is 0 Å². The van der Waals surface area contributed by atoms with E-state index in [-0.39, 0.29) is 12.4 Å². The van der Waals surface area contributed by atoms with Crippen molar-refractivity contribution in [1.29, 1.82) is 0 Å². The normalized spacial score (nSPS) is 18.6. The van der Waals surface area contributed by atoms with Gasteiger partial charge in [0.25, 0.3) is 0 Å². The van der Waals surface area contributed by atoms with E-state index in [9.17, 15) is 9.50 Å². The van der Waals surface area contributed by atoms with Gasteiger partial charge < -0.3 is 20.1 Å². The molecule has 1 aromatic carbocycles. The Morgan fingerprint density at radius 3 is 2.67 bits per heavy atom. The Kier molecular flexibility index (Phi) is 6.42. The first kappa shape index (κ1) is 16.2. The van der Waals surface area contributed by atoms with Crippen molar-refractivity contribution in [2.75, 3.05) is 39.8 Å². The molecule has 0 spiro atoms. The van der Waals surface area contributed by atoms with Crippen molar-refractivity contribution >= 4 is 0 Å². The molecule has 0 aromatic heterocycles. The molecule has 0 aliphatic carbocycles. The highest BCUT2D eigenvalue weighted by atomic mass is 19.1. The molecule has 1 fully saturated rings. The van der Waals surface area contributed by atoms with Gasteiger partial charge in [0.05, 0.1) is 0 Å². The Bertz CT molecular complexity index is 405. The number of aliphatic hydroxyl groups excluding tert-OH is 1. The Morgan fingerprint density at radius 2 is 2.00 bits per heavy atom. The fraction of sp³-hybridized carbons (Fsp3) is 0.625. The van der Waals surface area contributed by atoms with Crippen molar-refractivity contribution in [1.82, 2.24) is 10.2 Å². The lowest BCUT2D eigenvalue weighted by atomic mass is 9.97. The maximum absolute atomic E-state index is 12.7. The van der Waals surface area contributed by atoms with E-state index in [4.69, 9.17) is 4.74 Å². The third-order valence-corrected chi connectivity index (χ3v) is 3.91. The van der Waals surface area contributed by atoms with Gasteiger partial charge in [0.1, 0.15) is 24.3 Å². The van der Waals surface area contributed by atoms with Crippen molar-refractivity contribution in [2.24, 2.45) is 5.92 Å². The number of hydrogen-bond acceptors (Lipinski definition) is 4. The highest BCUT2D eigenvalue weighted by Crippen LogP contribution is 2.14. The summed E-state index contributed by atoms with van der Waals surface area (Å²) < 4.78 is 18.2. The van der Waals surface area contributed by atoms with E-state index < -0.39 is 6.10 Å². The largest absolute Gasteiger partial charge is 0.491 e. The lowest BCUT2D eigenvalue weighted by molar-refractivity contribution is 0.104. The third kappa shape index (κ3) is 5.99. The summed E-state index contributed by atoms with van der Waals surface area (Å²) in [6.07, 6.45) is 1.87. The number of piperidine rings is 1. The Labute approximate surface area is 125 Å². The van der Waals surface area contributed by atoms with Gasteiger partial charge in [-0.15, -0.1) is 0 Å². The number of ether oxygens (including phenoxy) is 1. The van der Waals surface area contributed by atoms with Crippen LogP contribution in [0, 0.1) is 11.7 Å². The van der Waals surface area contributed by atoms with Crippen molar-refractivity contribution in [3.05, 3.63) is 30.1 Å². The summed E-state index contributed by atoms with van der Waals surface area (Å²) in [5.41, 5.74) is 0. The highest BCUT2D eigenvalue weighted by Gasteiger charge is 2.16. The molecule has 1 aromatic rings. The van der Waals surface area contributed by atoms with Gasteiger partial charge in [-0.05, 0) is 69.7 Å². The molecule has 1 heterocycles. The summed E-state index contributed by atoms with van der Waals surface area (Å²) in [4.78, 5) is 2.35. The van der Waals surface area contributed by atoms with Gasteiger partial charge >= 0.3 is 0 Å². The number of rotatable bonds is 7. The second kappa shape index (κ2) is 8.32. The molecule has 4 nitrogen and oxygen atoms in total. The van der Waals surface area contributed by atoms with Crippen LogP contribution in [0.25, 0.3) is 0 Å². The zero-order valence-electron chi connectivity index (χ0n) is 12.6. The molecule has 21 heavy (non-hydrogen) atoms. The predicted molar refractivity (Wildman–Crippen MR) is 81.0 cm³/mol. The van der Waals surface area contributed by atoms with Crippen LogP contribution in [0.3, 0.4) is 0 Å². The van der Waals surface area contributed by atoms with Gasteiger partial charge in [-0.3, -0.25) is 0 Å². The van der Waals surface area contributed by atoms with Gasteiger partial charge in [0, 0.05) is 6.54 Å². The molecule has 2 rings (SSSR count). The number of likely N-dealkylation sites (tertiary alicyclic amines) is 1. The topological polar surface area (TPSA) is 44.7 Å². The highest BCUT2D eigenvalue weighted by molar-refractivity contribution is 5.22. The van der Waals surface area contributed by atoms with Crippen LogP contribution in [0.4, 0.5) is 4.39 Å². The minimum atomic E-state index is -0.554. The maximum Gasteiger partial charge on any atom is 0.123 e. The van der Waals surface area contributed by atoms with Crippen molar-refractivity contribution in [2.45, 2.75) is 18.9 Å². The van der Waals surface area contributed by atoms with Crippen molar-refractivity contribution in [3.8, 4) is 5.75 Å². The third-order valence-electron chi connectivity index (χ3n) is 3.91. The number of benzene rings is 1. The van der Waals surface area contributed by atoms with E-state index in [1.54, 1.807) is 12.1 Å². The number of aliphatic hydroxyl groups is 1. The Morgan fingerprint density at radius 1 is 1.33 bits per heavy atom. The zero-order valence-corrected chi connectivity index (χ0v) is 12.6. The van der Waals surface area contributed by atoms with Crippen LogP contribution in [-0.2, 0) is 0 Å². The average molecular weight is 296 g/mol. The first-order chi connectivity index (χ1) is 10.1. The van der Waals surface area contributed by atoms with E-state index in [2.05, 4.69) is 17.3 Å². The molecule has 0 radical (unpaired) electrons. The van der Waals surface area contributed by atoms with E-state index >= 15 is 0 Å². The smallest absolute Gasteiger partial charge is 0.123 e. The predicted octanol–water partition coefficient (Wildman–Crippen LogP) is 1.50. The first-order valence-corrected chi connectivity index (χ1v) is 7.59. The van der Waals surface area contributed by atoms with E-state index in [1.807, 2.05) is 0 Å². The molecule has 1 aliphatic rings. The van der Waals surface area contributed by atoms with Crippen LogP contribution < -0.4 is 10.1 Å². The van der Waals surface area contributed by atoms with Crippen LogP contribution in [0.1, 0.15) is 12.8 Å². The summed E-state index contributed by atoms with van der Waals surface area (Å²) in [5, 5.41) is 13.2. The molecule has 0 bridgehead atoms. The van der Waals surface area contributed by atoms with Gasteiger partial charge in [0.15, 0.2) is 0 Å². The second-order valence-corrected chi connectivity index (χ2v) is 5.82. The van der Waals surface area contributed by atoms with Crippen LogP contribution >= 0.6 is 0 Å². The minimum absolute atomic E-state index is 0.214. The van der Waals surface area contributed by atoms with Crippen LogP contribution in [0.5, 0.6) is 5.75 Å². The summed E-state index contributed by atoms with van der Waals surface area (Å²) in [6, 6.07) is 5.82. The fourth-order valence-electron chi connectivity index (χ4n) is 2.50. The van der Waals surface area contributed by atoms with Crippen LogP contribution in [0.15, 0.2) is 24.3 Å².